The summed E-state index contributed by atoms with van der Waals surface area (Å²) in [5, 5.41) is 0. The predicted molar refractivity (Wildman–Crippen MR) is 265 cm³/mol. The van der Waals surface area contributed by atoms with Gasteiger partial charge in [0, 0.05) is 19.3 Å². The minimum Gasteiger partial charge on any atom is -0.462 e. The Hall–Kier alpha value is -4.97. The molecule has 0 aromatic rings. The first-order valence-corrected chi connectivity index (χ1v) is 23.7. The van der Waals surface area contributed by atoms with E-state index in [9.17, 15) is 14.4 Å². The average Bonchev–Trinajstić information content (AvgIpc) is 3.27. The number of allylic oxidation sites excluding steroid dienone is 26. The highest BCUT2D eigenvalue weighted by Crippen LogP contribution is 2.11. The number of rotatable bonds is 39. The smallest absolute Gasteiger partial charge is 0.306 e. The molecule has 0 radical (unpaired) electrons. The monoisotopic (exact) mass is 851 g/mol. The number of hydrogen-bond acceptors (Lipinski definition) is 6. The van der Waals surface area contributed by atoms with Crippen molar-refractivity contribution in [2.45, 2.75) is 162 Å². The average molecular weight is 851 g/mol. The zero-order valence-corrected chi connectivity index (χ0v) is 38.8. The standard InChI is InChI=1S/C56H82O6/c1-4-7-10-13-16-19-22-25-26-27-28-29-30-32-34-37-40-43-46-49-55(58)61-52-53(51-60-54(57)48-45-42-39-36-33-24-21-18-15-12-9-6-3)62-56(59)50-47-44-41-38-35-31-23-20-17-14-11-8-5-2/h7-8,10-11,13-14,16-23,25-32,34-35,38,41,53H,4-6,9,12,15,24,33,36-37,39-40,42-52H2,1-3H3/b10-7-,11-8-,16-13-,17-14-,21-18-,22-19-,23-20-,26-25-,28-27+,30-29-,34-32-,35-31-,41-38-. The van der Waals surface area contributed by atoms with Gasteiger partial charge in [0.2, 0.25) is 0 Å². The zero-order chi connectivity index (χ0) is 45.1. The number of hydrogen-bond donors (Lipinski definition) is 0. The summed E-state index contributed by atoms with van der Waals surface area (Å²) in [7, 11) is 0. The molecule has 0 aromatic carbocycles. The number of ether oxygens (including phenoxy) is 3. The van der Waals surface area contributed by atoms with Crippen molar-refractivity contribution in [2.24, 2.45) is 0 Å². The highest BCUT2D eigenvalue weighted by molar-refractivity contribution is 5.71. The predicted octanol–water partition coefficient (Wildman–Crippen LogP) is 15.5. The van der Waals surface area contributed by atoms with Crippen molar-refractivity contribution in [2.75, 3.05) is 13.2 Å². The Morgan fingerprint density at radius 2 is 0.661 bits per heavy atom. The molecule has 62 heavy (non-hydrogen) atoms. The fourth-order valence-corrected chi connectivity index (χ4v) is 5.56. The molecule has 0 aliphatic rings. The van der Waals surface area contributed by atoms with E-state index in [4.69, 9.17) is 14.2 Å². The maximum Gasteiger partial charge on any atom is 0.306 e. The van der Waals surface area contributed by atoms with Crippen LogP contribution in [-0.2, 0) is 28.6 Å². The molecule has 0 aliphatic carbocycles. The number of carbonyl (C=O) groups is 3. The molecule has 0 bridgehead atoms. The summed E-state index contributed by atoms with van der Waals surface area (Å²) in [5.41, 5.74) is 0. The van der Waals surface area contributed by atoms with Gasteiger partial charge in [0.1, 0.15) is 13.2 Å². The molecule has 0 heterocycles. The van der Waals surface area contributed by atoms with Crippen molar-refractivity contribution in [3.05, 3.63) is 158 Å². The number of unbranched alkanes of at least 4 members (excludes halogenated alkanes) is 12. The molecule has 0 amide bonds. The van der Waals surface area contributed by atoms with Crippen molar-refractivity contribution in [3.8, 4) is 0 Å². The number of esters is 3. The summed E-state index contributed by atoms with van der Waals surface area (Å²) >= 11 is 0. The van der Waals surface area contributed by atoms with Crippen molar-refractivity contribution >= 4 is 17.9 Å². The Labute approximate surface area is 378 Å². The second-order valence-electron chi connectivity index (χ2n) is 14.9. The third-order valence-electron chi connectivity index (χ3n) is 9.07. The molecule has 0 spiro atoms. The molecular formula is C56H82O6. The van der Waals surface area contributed by atoms with E-state index in [1.54, 1.807) is 0 Å². The molecule has 1 atom stereocenters. The molecule has 1 unspecified atom stereocenters. The second kappa shape index (κ2) is 48.7. The molecule has 0 rings (SSSR count). The summed E-state index contributed by atoms with van der Waals surface area (Å²) in [6.45, 7) is 6.17. The lowest BCUT2D eigenvalue weighted by Crippen LogP contribution is -2.30. The SMILES string of the molecule is CC\C=C/C=C\C=C/C=C\C=C/CCCC(=O)OC(COC(=O)CCCCC\C=C/C=C\C=C\C=C/C=C\C=C/C=C\CC)COC(=O)CCCCCCC/C=C\CCCCC. The van der Waals surface area contributed by atoms with Crippen LogP contribution in [0.3, 0.4) is 0 Å². The van der Waals surface area contributed by atoms with Gasteiger partial charge < -0.3 is 14.2 Å². The first-order valence-electron chi connectivity index (χ1n) is 23.7. The van der Waals surface area contributed by atoms with Gasteiger partial charge in [-0.1, -0.05) is 217 Å². The van der Waals surface area contributed by atoms with Crippen LogP contribution in [0.25, 0.3) is 0 Å². The fourth-order valence-electron chi connectivity index (χ4n) is 5.56. The Morgan fingerprint density at radius 1 is 0.339 bits per heavy atom. The first kappa shape index (κ1) is 57.0. The summed E-state index contributed by atoms with van der Waals surface area (Å²) in [5.74, 6) is -1.08. The normalized spacial score (nSPS) is 13.5. The van der Waals surface area contributed by atoms with Crippen molar-refractivity contribution < 1.29 is 28.6 Å². The van der Waals surface area contributed by atoms with Gasteiger partial charge in [0.15, 0.2) is 6.10 Å². The molecule has 0 N–H and O–H groups in total. The molecule has 0 aliphatic heterocycles. The Kier molecular flexibility index (Phi) is 44.8. The zero-order valence-electron chi connectivity index (χ0n) is 38.8. The molecular weight excluding hydrogens is 769 g/mol. The quantitative estimate of drug-likeness (QED) is 0.0202. The molecule has 0 fully saturated rings. The number of carbonyl (C=O) groups excluding carboxylic acids is 3. The van der Waals surface area contributed by atoms with Gasteiger partial charge in [0.25, 0.3) is 0 Å². The van der Waals surface area contributed by atoms with E-state index in [1.165, 1.54) is 32.1 Å². The van der Waals surface area contributed by atoms with Crippen LogP contribution in [0.15, 0.2) is 158 Å². The topological polar surface area (TPSA) is 78.9 Å². The lowest BCUT2D eigenvalue weighted by molar-refractivity contribution is -0.167. The highest BCUT2D eigenvalue weighted by Gasteiger charge is 2.19. The maximum atomic E-state index is 12.7. The van der Waals surface area contributed by atoms with Crippen molar-refractivity contribution in [1.29, 1.82) is 0 Å². The van der Waals surface area contributed by atoms with Crippen LogP contribution in [0.1, 0.15) is 156 Å². The Bertz CT molecular complexity index is 1490. The van der Waals surface area contributed by atoms with Gasteiger partial charge in [0.05, 0.1) is 0 Å². The first-order chi connectivity index (χ1) is 30.5. The van der Waals surface area contributed by atoms with Crippen LogP contribution in [0.4, 0.5) is 0 Å². The van der Waals surface area contributed by atoms with Crippen LogP contribution in [-0.4, -0.2) is 37.2 Å². The summed E-state index contributed by atoms with van der Waals surface area (Å²) < 4.78 is 16.6. The molecule has 6 nitrogen and oxygen atoms in total. The van der Waals surface area contributed by atoms with Crippen molar-refractivity contribution in [3.63, 3.8) is 0 Å². The van der Waals surface area contributed by atoms with Gasteiger partial charge >= 0.3 is 17.9 Å². The minimum absolute atomic E-state index is 0.134. The Morgan fingerprint density at radius 3 is 1.10 bits per heavy atom. The highest BCUT2D eigenvalue weighted by atomic mass is 16.6. The fraction of sp³-hybridized carbons (Fsp3) is 0.482. The van der Waals surface area contributed by atoms with E-state index in [-0.39, 0.29) is 38.0 Å². The van der Waals surface area contributed by atoms with Gasteiger partial charge in [-0.05, 0) is 77.0 Å². The molecule has 6 heteroatoms. The Balaban J connectivity index is 4.64. The third-order valence-corrected chi connectivity index (χ3v) is 9.07. The van der Waals surface area contributed by atoms with Crippen molar-refractivity contribution in [1.82, 2.24) is 0 Å². The van der Waals surface area contributed by atoms with E-state index in [0.29, 0.717) is 25.7 Å². The molecule has 342 valence electrons. The van der Waals surface area contributed by atoms with Crippen LogP contribution < -0.4 is 0 Å². The second-order valence-corrected chi connectivity index (χ2v) is 14.9. The van der Waals surface area contributed by atoms with Gasteiger partial charge in [-0.15, -0.1) is 0 Å². The van der Waals surface area contributed by atoms with E-state index < -0.39 is 12.1 Å². The summed E-state index contributed by atoms with van der Waals surface area (Å²) in [4.78, 5) is 37.8. The molecule has 0 saturated heterocycles. The van der Waals surface area contributed by atoms with Crippen LogP contribution in [0.5, 0.6) is 0 Å². The van der Waals surface area contributed by atoms with Gasteiger partial charge in [-0.25, -0.2) is 0 Å². The van der Waals surface area contributed by atoms with Crippen LogP contribution >= 0.6 is 0 Å². The molecule has 0 saturated carbocycles. The lowest BCUT2D eigenvalue weighted by Gasteiger charge is -2.18. The van der Waals surface area contributed by atoms with E-state index in [0.717, 1.165) is 64.2 Å². The lowest BCUT2D eigenvalue weighted by atomic mass is 10.1. The van der Waals surface area contributed by atoms with Gasteiger partial charge in [-0.2, -0.15) is 0 Å². The van der Waals surface area contributed by atoms with Crippen LogP contribution in [0, 0.1) is 0 Å². The van der Waals surface area contributed by atoms with Crippen LogP contribution in [0.2, 0.25) is 0 Å². The van der Waals surface area contributed by atoms with E-state index in [2.05, 4.69) is 51.2 Å². The maximum absolute atomic E-state index is 12.7. The summed E-state index contributed by atoms with van der Waals surface area (Å²) in [6.07, 6.45) is 70.8. The van der Waals surface area contributed by atoms with E-state index in [1.807, 2.05) is 128 Å². The van der Waals surface area contributed by atoms with E-state index >= 15 is 0 Å². The largest absolute Gasteiger partial charge is 0.462 e. The third kappa shape index (κ3) is 46.1. The molecule has 0 aromatic heterocycles. The summed E-state index contributed by atoms with van der Waals surface area (Å²) in [6, 6.07) is 0. The minimum atomic E-state index is -0.844. The van der Waals surface area contributed by atoms with Gasteiger partial charge in [-0.3, -0.25) is 14.4 Å².